The molecule has 0 aliphatic heterocycles. The summed E-state index contributed by atoms with van der Waals surface area (Å²) in [5.41, 5.74) is -1.03. The molecule has 0 aliphatic rings. The molecule has 0 saturated carbocycles. The summed E-state index contributed by atoms with van der Waals surface area (Å²) in [7, 11) is -3.45. The number of hydrogen-bond donors (Lipinski definition) is 2. The fourth-order valence-electron chi connectivity index (χ4n) is 1.07. The summed E-state index contributed by atoms with van der Waals surface area (Å²) in [5.74, 6) is -6.92. The summed E-state index contributed by atoms with van der Waals surface area (Å²) in [5, 5.41) is 2.04. The third kappa shape index (κ3) is 3.81. The van der Waals surface area contributed by atoms with Gasteiger partial charge in [-0.2, -0.15) is 22.5 Å². The molecule has 0 saturated heterocycles. The van der Waals surface area contributed by atoms with Crippen molar-refractivity contribution in [2.45, 2.75) is 0 Å². The molecule has 0 radical (unpaired) electrons. The molecule has 5 nitrogen and oxygen atoms in total. The standard InChI is InChI=1S/C8H9F4N3O2S/c1-18(16,17)14-3-2-13-6-4(9)7(11)15-8(12)5(6)10/h14H,2-3H2,1H3,(H,13,15). The van der Waals surface area contributed by atoms with Crippen LogP contribution in [-0.4, -0.2) is 32.7 Å². The first-order valence-corrected chi connectivity index (χ1v) is 6.50. The minimum absolute atomic E-state index is 0.205. The Morgan fingerprint density at radius 2 is 1.56 bits per heavy atom. The predicted molar refractivity (Wildman–Crippen MR) is 55.4 cm³/mol. The van der Waals surface area contributed by atoms with E-state index in [1.165, 1.54) is 0 Å². The van der Waals surface area contributed by atoms with Crippen LogP contribution in [0, 0.1) is 23.5 Å². The van der Waals surface area contributed by atoms with E-state index in [1.807, 2.05) is 10.0 Å². The van der Waals surface area contributed by atoms with Gasteiger partial charge < -0.3 is 5.32 Å². The van der Waals surface area contributed by atoms with Crippen LogP contribution in [0.2, 0.25) is 0 Å². The fraction of sp³-hybridized carbons (Fsp3) is 0.375. The van der Waals surface area contributed by atoms with Crippen molar-refractivity contribution in [3.63, 3.8) is 0 Å². The van der Waals surface area contributed by atoms with Gasteiger partial charge in [0.1, 0.15) is 5.69 Å². The minimum atomic E-state index is -3.45. The smallest absolute Gasteiger partial charge is 0.253 e. The molecule has 0 fully saturated rings. The van der Waals surface area contributed by atoms with Crippen LogP contribution in [0.5, 0.6) is 0 Å². The van der Waals surface area contributed by atoms with E-state index < -0.39 is 39.2 Å². The van der Waals surface area contributed by atoms with Crippen LogP contribution in [0.15, 0.2) is 0 Å². The van der Waals surface area contributed by atoms with Gasteiger partial charge in [0.2, 0.25) is 21.7 Å². The number of halogens is 4. The predicted octanol–water partition coefficient (Wildman–Crippen LogP) is 0.599. The maximum atomic E-state index is 13.1. The van der Waals surface area contributed by atoms with Crippen LogP contribution in [0.4, 0.5) is 23.2 Å². The number of aromatic nitrogens is 1. The first kappa shape index (κ1) is 14.6. The third-order valence-corrected chi connectivity index (χ3v) is 2.52. The van der Waals surface area contributed by atoms with E-state index in [1.54, 1.807) is 0 Å². The molecule has 0 atom stereocenters. The van der Waals surface area contributed by atoms with Crippen molar-refractivity contribution < 1.29 is 26.0 Å². The Bertz CT molecular complexity index is 524. The van der Waals surface area contributed by atoms with Crippen molar-refractivity contribution in [3.8, 4) is 0 Å². The highest BCUT2D eigenvalue weighted by atomic mass is 32.2. The van der Waals surface area contributed by atoms with Gasteiger partial charge in [0.25, 0.3) is 11.9 Å². The number of rotatable bonds is 5. The number of nitrogens with one attached hydrogen (secondary N) is 2. The molecule has 1 aromatic rings. The van der Waals surface area contributed by atoms with Gasteiger partial charge in [0.15, 0.2) is 0 Å². The van der Waals surface area contributed by atoms with Crippen molar-refractivity contribution in [2.75, 3.05) is 24.7 Å². The zero-order chi connectivity index (χ0) is 13.9. The van der Waals surface area contributed by atoms with E-state index in [9.17, 15) is 26.0 Å². The molecule has 18 heavy (non-hydrogen) atoms. The molecular weight excluding hydrogens is 278 g/mol. The van der Waals surface area contributed by atoms with Crippen molar-refractivity contribution in [1.82, 2.24) is 9.71 Å². The lowest BCUT2D eigenvalue weighted by molar-refractivity contribution is 0.410. The lowest BCUT2D eigenvalue weighted by Crippen LogP contribution is -2.28. The zero-order valence-corrected chi connectivity index (χ0v) is 9.91. The van der Waals surface area contributed by atoms with Gasteiger partial charge in [-0.15, -0.1) is 0 Å². The topological polar surface area (TPSA) is 71.1 Å². The Kier molecular flexibility index (Phi) is 4.46. The molecule has 1 heterocycles. The van der Waals surface area contributed by atoms with Gasteiger partial charge in [-0.1, -0.05) is 0 Å². The van der Waals surface area contributed by atoms with Gasteiger partial charge in [-0.05, 0) is 0 Å². The number of pyridine rings is 1. The highest BCUT2D eigenvalue weighted by Gasteiger charge is 2.20. The number of nitrogens with zero attached hydrogens (tertiary/aromatic N) is 1. The SMILES string of the molecule is CS(=O)(=O)NCCNc1c(F)c(F)nc(F)c1F. The highest BCUT2D eigenvalue weighted by Crippen LogP contribution is 2.21. The van der Waals surface area contributed by atoms with Crippen molar-refractivity contribution in [2.24, 2.45) is 0 Å². The van der Waals surface area contributed by atoms with Gasteiger partial charge in [-0.25, -0.2) is 13.1 Å². The highest BCUT2D eigenvalue weighted by molar-refractivity contribution is 7.88. The van der Waals surface area contributed by atoms with Gasteiger partial charge in [-0.3, -0.25) is 0 Å². The fourth-order valence-corrected chi connectivity index (χ4v) is 1.54. The number of hydrogen-bond acceptors (Lipinski definition) is 4. The Hall–Kier alpha value is -1.42. The van der Waals surface area contributed by atoms with Crippen LogP contribution >= 0.6 is 0 Å². The molecule has 1 aromatic heterocycles. The molecule has 10 heteroatoms. The summed E-state index contributed by atoms with van der Waals surface area (Å²) in [4.78, 5) is 2.37. The van der Waals surface area contributed by atoms with Crippen molar-refractivity contribution in [3.05, 3.63) is 23.5 Å². The van der Waals surface area contributed by atoms with Crippen molar-refractivity contribution >= 4 is 15.7 Å². The summed E-state index contributed by atoms with van der Waals surface area (Å²) in [6, 6.07) is 0. The van der Waals surface area contributed by atoms with Gasteiger partial charge in [0.05, 0.1) is 6.26 Å². The number of sulfonamides is 1. The Morgan fingerprint density at radius 1 is 1.06 bits per heavy atom. The first-order valence-electron chi connectivity index (χ1n) is 4.61. The van der Waals surface area contributed by atoms with E-state index in [2.05, 4.69) is 4.98 Å². The molecular formula is C8H9F4N3O2S. The van der Waals surface area contributed by atoms with E-state index in [-0.39, 0.29) is 13.1 Å². The van der Waals surface area contributed by atoms with E-state index in [0.29, 0.717) is 0 Å². The summed E-state index contributed by atoms with van der Waals surface area (Å²) in [6.45, 7) is -0.465. The summed E-state index contributed by atoms with van der Waals surface area (Å²) < 4.78 is 74.8. The second-order valence-corrected chi connectivity index (χ2v) is 5.12. The van der Waals surface area contributed by atoms with Gasteiger partial charge >= 0.3 is 0 Å². The molecule has 102 valence electrons. The Balaban J connectivity index is 2.74. The summed E-state index contributed by atoms with van der Waals surface area (Å²) in [6.07, 6.45) is 0.889. The van der Waals surface area contributed by atoms with Crippen LogP contribution in [0.25, 0.3) is 0 Å². The molecule has 0 spiro atoms. The van der Waals surface area contributed by atoms with Crippen LogP contribution < -0.4 is 10.0 Å². The summed E-state index contributed by atoms with van der Waals surface area (Å²) >= 11 is 0. The second kappa shape index (κ2) is 5.48. The lowest BCUT2D eigenvalue weighted by atomic mass is 10.3. The largest absolute Gasteiger partial charge is 0.379 e. The molecule has 1 rings (SSSR count). The molecule has 0 aromatic carbocycles. The first-order chi connectivity index (χ1) is 8.22. The monoisotopic (exact) mass is 287 g/mol. The van der Waals surface area contributed by atoms with E-state index >= 15 is 0 Å². The van der Waals surface area contributed by atoms with Crippen LogP contribution in [-0.2, 0) is 10.0 Å². The molecule has 2 N–H and O–H groups in total. The van der Waals surface area contributed by atoms with Crippen LogP contribution in [0.1, 0.15) is 0 Å². The second-order valence-electron chi connectivity index (χ2n) is 3.29. The minimum Gasteiger partial charge on any atom is -0.379 e. The quantitative estimate of drug-likeness (QED) is 0.472. The molecule has 0 amide bonds. The number of anilines is 1. The lowest BCUT2D eigenvalue weighted by Gasteiger charge is -2.09. The van der Waals surface area contributed by atoms with Crippen LogP contribution in [0.3, 0.4) is 0 Å². The molecule has 0 bridgehead atoms. The Morgan fingerprint density at radius 3 is 2.00 bits per heavy atom. The van der Waals surface area contributed by atoms with Crippen molar-refractivity contribution in [1.29, 1.82) is 0 Å². The average Bonchev–Trinajstić information content (AvgIpc) is 2.24. The molecule has 0 unspecified atom stereocenters. The van der Waals surface area contributed by atoms with E-state index in [0.717, 1.165) is 6.26 Å². The maximum absolute atomic E-state index is 13.1. The van der Waals surface area contributed by atoms with Gasteiger partial charge in [0, 0.05) is 13.1 Å². The average molecular weight is 287 g/mol. The molecule has 0 aliphatic carbocycles. The maximum Gasteiger partial charge on any atom is 0.253 e. The normalized spacial score (nSPS) is 11.6. The Labute approximate surface area is 100 Å². The zero-order valence-electron chi connectivity index (χ0n) is 9.10. The van der Waals surface area contributed by atoms with E-state index in [4.69, 9.17) is 0 Å². The third-order valence-electron chi connectivity index (χ3n) is 1.79.